The Morgan fingerprint density at radius 3 is 2.97 bits per heavy atom. The van der Waals surface area contributed by atoms with Gasteiger partial charge in [-0.15, -0.1) is 11.3 Å². The van der Waals surface area contributed by atoms with Crippen LogP contribution in [0.3, 0.4) is 0 Å². The molecule has 3 aliphatic rings. The third-order valence-corrected chi connectivity index (χ3v) is 7.32. The van der Waals surface area contributed by atoms with Crippen LogP contribution in [0.1, 0.15) is 47.7 Å². The second kappa shape index (κ2) is 7.41. The van der Waals surface area contributed by atoms with Crippen LogP contribution in [0.15, 0.2) is 16.1 Å². The Hall–Kier alpha value is -1.91. The predicted octanol–water partition coefficient (Wildman–Crippen LogP) is 4.36. The molecule has 29 heavy (non-hydrogen) atoms. The summed E-state index contributed by atoms with van der Waals surface area (Å²) >= 11 is 2.65. The maximum absolute atomic E-state index is 13.4. The van der Waals surface area contributed by atoms with Gasteiger partial charge in [-0.3, -0.25) is 9.79 Å². The Morgan fingerprint density at radius 1 is 1.41 bits per heavy atom. The smallest absolute Gasteiger partial charge is 0.280 e. The number of nitrogens with one attached hydrogen (secondary N) is 1. The molecule has 1 N–H and O–H groups in total. The molecule has 0 radical (unpaired) electrons. The topological polar surface area (TPSA) is 75.9 Å². The number of pyridine rings is 1. The predicted molar refractivity (Wildman–Crippen MR) is 112 cm³/mol. The zero-order chi connectivity index (χ0) is 20.1. The van der Waals surface area contributed by atoms with E-state index in [4.69, 9.17) is 4.74 Å². The standard InChI is InChI=1S/C19H18F2N4O2S2/c1-27-6-2-5-22-19-25-13-14-12(24-17(26)15(13)29-19)11-9(8-3-4-8)7-10(16(20)21)23-18(11)28-14/h7-8,15-16H,2-6H2,1H3,(H,24,26). The van der Waals surface area contributed by atoms with E-state index in [0.717, 1.165) is 35.1 Å². The molecule has 5 rings (SSSR count). The molecule has 1 atom stereocenters. The van der Waals surface area contributed by atoms with Gasteiger partial charge in [-0.2, -0.15) is 0 Å². The first-order valence-electron chi connectivity index (χ1n) is 9.42. The molecule has 1 unspecified atom stereocenters. The van der Waals surface area contributed by atoms with Crippen molar-refractivity contribution in [1.82, 2.24) is 4.98 Å². The number of nitrogens with zero attached hydrogens (tertiary/aromatic N) is 3. The number of rotatable bonds is 6. The second-order valence-corrected chi connectivity index (χ2v) is 9.26. The number of halogens is 2. The lowest BCUT2D eigenvalue weighted by Gasteiger charge is -2.19. The van der Waals surface area contributed by atoms with Gasteiger partial charge in [-0.25, -0.2) is 18.8 Å². The van der Waals surface area contributed by atoms with Crippen LogP contribution in [0, 0.1) is 0 Å². The number of hydrogen-bond donors (Lipinski definition) is 1. The van der Waals surface area contributed by atoms with E-state index in [2.05, 4.69) is 20.3 Å². The monoisotopic (exact) mass is 436 g/mol. The minimum Gasteiger partial charge on any atom is -0.385 e. The van der Waals surface area contributed by atoms with E-state index < -0.39 is 11.7 Å². The Labute approximate surface area is 173 Å². The lowest BCUT2D eigenvalue weighted by molar-refractivity contribution is -0.114. The molecule has 1 saturated carbocycles. The largest absolute Gasteiger partial charge is 0.385 e. The lowest BCUT2D eigenvalue weighted by Crippen LogP contribution is -2.35. The summed E-state index contributed by atoms with van der Waals surface area (Å²) in [4.78, 5) is 27.3. The number of carbonyl (C=O) groups excluding carboxylic acids is 1. The lowest BCUT2D eigenvalue weighted by atomic mass is 10.0. The third-order valence-electron chi connectivity index (χ3n) is 5.11. The van der Waals surface area contributed by atoms with E-state index in [-0.39, 0.29) is 17.5 Å². The molecule has 0 saturated heterocycles. The van der Waals surface area contributed by atoms with Gasteiger partial charge >= 0.3 is 0 Å². The SMILES string of the molecule is COCCCN=C1N=C2c3sc4nc(C(F)F)cc(C5CC5)c4c3NC(=O)C2S1. The molecule has 2 aliphatic heterocycles. The van der Waals surface area contributed by atoms with Crippen LogP contribution in [-0.4, -0.2) is 47.3 Å². The van der Waals surface area contributed by atoms with Crippen molar-refractivity contribution >= 4 is 55.8 Å². The van der Waals surface area contributed by atoms with Gasteiger partial charge in [0.25, 0.3) is 6.43 Å². The number of hydrogen-bond acceptors (Lipinski definition) is 6. The summed E-state index contributed by atoms with van der Waals surface area (Å²) in [5.41, 5.74) is 1.98. The van der Waals surface area contributed by atoms with Crippen LogP contribution in [0.25, 0.3) is 10.2 Å². The highest BCUT2D eigenvalue weighted by Gasteiger charge is 2.42. The van der Waals surface area contributed by atoms with E-state index in [1.807, 2.05) is 0 Å². The highest BCUT2D eigenvalue weighted by atomic mass is 32.2. The number of aromatic nitrogens is 1. The Balaban J connectivity index is 1.59. The highest BCUT2D eigenvalue weighted by molar-refractivity contribution is 8.16. The number of thioether (sulfide) groups is 1. The Kier molecular flexibility index (Phi) is 4.87. The number of carbonyl (C=O) groups is 1. The Morgan fingerprint density at radius 2 is 2.24 bits per heavy atom. The van der Waals surface area contributed by atoms with Gasteiger partial charge in [-0.05, 0) is 36.8 Å². The number of alkyl halides is 2. The molecule has 10 heteroatoms. The van der Waals surface area contributed by atoms with E-state index in [1.54, 1.807) is 7.11 Å². The van der Waals surface area contributed by atoms with E-state index in [9.17, 15) is 13.6 Å². The fourth-order valence-corrected chi connectivity index (χ4v) is 5.86. The van der Waals surface area contributed by atoms with Crippen LogP contribution in [0.4, 0.5) is 14.5 Å². The van der Waals surface area contributed by atoms with Crippen LogP contribution in [-0.2, 0) is 9.53 Å². The zero-order valence-electron chi connectivity index (χ0n) is 15.6. The molecule has 2 aromatic heterocycles. The summed E-state index contributed by atoms with van der Waals surface area (Å²) in [5, 5.41) is 3.90. The van der Waals surface area contributed by atoms with Crippen molar-refractivity contribution in [3.8, 4) is 0 Å². The molecular formula is C19H18F2N4O2S2. The van der Waals surface area contributed by atoms with Crippen molar-refractivity contribution in [3.63, 3.8) is 0 Å². The summed E-state index contributed by atoms with van der Waals surface area (Å²) in [6, 6.07) is 1.50. The van der Waals surface area contributed by atoms with Crippen molar-refractivity contribution in [3.05, 3.63) is 22.2 Å². The number of methoxy groups -OCH3 is 1. The molecule has 152 valence electrons. The molecule has 2 aromatic rings. The zero-order valence-corrected chi connectivity index (χ0v) is 17.2. The molecule has 6 nitrogen and oxygen atoms in total. The number of aliphatic imine (C=N–C) groups is 2. The van der Waals surface area contributed by atoms with Crippen molar-refractivity contribution in [2.24, 2.45) is 9.98 Å². The second-order valence-electron chi connectivity index (χ2n) is 7.19. The van der Waals surface area contributed by atoms with Gasteiger partial charge in [0, 0.05) is 25.6 Å². The van der Waals surface area contributed by atoms with Crippen LogP contribution >= 0.6 is 23.1 Å². The minimum atomic E-state index is -2.62. The molecule has 4 heterocycles. The first-order chi connectivity index (χ1) is 14.1. The molecular weight excluding hydrogens is 418 g/mol. The average molecular weight is 437 g/mol. The summed E-state index contributed by atoms with van der Waals surface area (Å²) in [5.74, 6) is 0.104. The molecule has 0 bridgehead atoms. The maximum atomic E-state index is 13.4. The number of thiophene rings is 1. The minimum absolute atomic E-state index is 0.150. The molecule has 1 amide bonds. The third kappa shape index (κ3) is 3.36. The van der Waals surface area contributed by atoms with Gasteiger partial charge < -0.3 is 10.1 Å². The van der Waals surface area contributed by atoms with Gasteiger partial charge in [0.2, 0.25) is 5.91 Å². The van der Waals surface area contributed by atoms with Gasteiger partial charge in [0.15, 0.2) is 5.17 Å². The summed E-state index contributed by atoms with van der Waals surface area (Å²) in [6.07, 6.45) is 0.0982. The summed E-state index contributed by atoms with van der Waals surface area (Å²) < 4.78 is 31.8. The van der Waals surface area contributed by atoms with Crippen molar-refractivity contribution < 1.29 is 18.3 Å². The quantitative estimate of drug-likeness (QED) is 0.683. The normalized spacial score (nSPS) is 22.2. The molecule has 0 aromatic carbocycles. The van der Waals surface area contributed by atoms with Crippen LogP contribution in [0.5, 0.6) is 0 Å². The van der Waals surface area contributed by atoms with Crippen molar-refractivity contribution in [2.45, 2.75) is 36.9 Å². The molecule has 0 spiro atoms. The van der Waals surface area contributed by atoms with E-state index in [1.165, 1.54) is 29.2 Å². The van der Waals surface area contributed by atoms with Gasteiger partial charge in [0.1, 0.15) is 15.8 Å². The van der Waals surface area contributed by atoms with E-state index in [0.29, 0.717) is 34.5 Å². The summed E-state index contributed by atoms with van der Waals surface area (Å²) in [6.45, 7) is 1.19. The van der Waals surface area contributed by atoms with Gasteiger partial charge in [0.05, 0.1) is 16.3 Å². The van der Waals surface area contributed by atoms with E-state index >= 15 is 0 Å². The first kappa shape index (κ1) is 19.1. The number of ether oxygens (including phenoxy) is 1. The summed E-state index contributed by atoms with van der Waals surface area (Å²) in [7, 11) is 1.64. The van der Waals surface area contributed by atoms with Crippen molar-refractivity contribution in [2.75, 3.05) is 25.6 Å². The fraction of sp³-hybridized carbons (Fsp3) is 0.474. The number of fused-ring (bicyclic) bond motifs is 5. The first-order valence-corrected chi connectivity index (χ1v) is 11.1. The Bertz CT molecular complexity index is 1060. The molecule has 1 fully saturated rings. The maximum Gasteiger partial charge on any atom is 0.280 e. The number of amidine groups is 1. The van der Waals surface area contributed by atoms with Gasteiger partial charge in [-0.1, -0.05) is 11.8 Å². The highest BCUT2D eigenvalue weighted by Crippen LogP contribution is 2.50. The average Bonchev–Trinajstić information content (AvgIpc) is 3.35. The number of anilines is 1. The van der Waals surface area contributed by atoms with Crippen molar-refractivity contribution in [1.29, 1.82) is 0 Å². The van der Waals surface area contributed by atoms with Crippen LogP contribution in [0.2, 0.25) is 0 Å². The number of amides is 1. The fourth-order valence-electron chi connectivity index (χ4n) is 3.62. The van der Waals surface area contributed by atoms with Crippen LogP contribution < -0.4 is 5.32 Å². The molecule has 1 aliphatic carbocycles.